The SMILES string of the molecule is COc1cc(F)ccc1Oc1ccccc1CC(=O)Cc1nccs1. The fourth-order valence-corrected chi connectivity index (χ4v) is 3.02. The number of Topliss-reactive ketones (excluding diaryl/α,β-unsaturated/α-hetero) is 1. The van der Waals surface area contributed by atoms with Gasteiger partial charge in [-0.25, -0.2) is 9.37 Å². The van der Waals surface area contributed by atoms with E-state index >= 15 is 0 Å². The zero-order valence-corrected chi connectivity index (χ0v) is 14.4. The smallest absolute Gasteiger partial charge is 0.169 e. The van der Waals surface area contributed by atoms with Crippen molar-refractivity contribution in [2.24, 2.45) is 0 Å². The second-order valence-electron chi connectivity index (χ2n) is 5.32. The normalized spacial score (nSPS) is 10.5. The van der Waals surface area contributed by atoms with Crippen molar-refractivity contribution in [3.05, 3.63) is 70.4 Å². The lowest BCUT2D eigenvalue weighted by molar-refractivity contribution is -0.117. The maximum atomic E-state index is 13.3. The maximum absolute atomic E-state index is 13.3. The first-order valence-corrected chi connectivity index (χ1v) is 8.53. The van der Waals surface area contributed by atoms with Gasteiger partial charge in [0.1, 0.15) is 17.3 Å². The van der Waals surface area contributed by atoms with Crippen LogP contribution < -0.4 is 9.47 Å². The first kappa shape index (κ1) is 17.1. The summed E-state index contributed by atoms with van der Waals surface area (Å²) in [5.74, 6) is 0.876. The summed E-state index contributed by atoms with van der Waals surface area (Å²) in [7, 11) is 1.45. The number of ether oxygens (including phenoxy) is 2. The third-order valence-electron chi connectivity index (χ3n) is 3.54. The van der Waals surface area contributed by atoms with Gasteiger partial charge >= 0.3 is 0 Å². The molecule has 0 bridgehead atoms. The Bertz CT molecular complexity index is 865. The molecule has 0 aliphatic rings. The van der Waals surface area contributed by atoms with Crippen LogP contribution in [0.5, 0.6) is 17.2 Å². The van der Waals surface area contributed by atoms with E-state index in [4.69, 9.17) is 9.47 Å². The second-order valence-corrected chi connectivity index (χ2v) is 6.30. The number of hydrogen-bond acceptors (Lipinski definition) is 5. The molecule has 0 fully saturated rings. The fourth-order valence-electron chi connectivity index (χ4n) is 2.38. The molecular formula is C19H16FNO3S. The first-order chi connectivity index (χ1) is 12.2. The molecular weight excluding hydrogens is 341 g/mol. The number of ketones is 1. The van der Waals surface area contributed by atoms with E-state index in [0.717, 1.165) is 10.6 Å². The number of aromatic nitrogens is 1. The van der Waals surface area contributed by atoms with Crippen LogP contribution in [0.4, 0.5) is 4.39 Å². The number of thiazole rings is 1. The highest BCUT2D eigenvalue weighted by Crippen LogP contribution is 2.33. The van der Waals surface area contributed by atoms with Gasteiger partial charge in [0.05, 0.1) is 18.5 Å². The van der Waals surface area contributed by atoms with Crippen LogP contribution in [0.15, 0.2) is 54.0 Å². The van der Waals surface area contributed by atoms with Crippen LogP contribution in [0, 0.1) is 5.82 Å². The summed E-state index contributed by atoms with van der Waals surface area (Å²) in [6.07, 6.45) is 2.22. The van der Waals surface area contributed by atoms with E-state index < -0.39 is 5.82 Å². The fraction of sp³-hybridized carbons (Fsp3) is 0.158. The Morgan fingerprint density at radius 3 is 2.72 bits per heavy atom. The van der Waals surface area contributed by atoms with Gasteiger partial charge in [-0.05, 0) is 18.2 Å². The van der Waals surface area contributed by atoms with Crippen molar-refractivity contribution in [1.82, 2.24) is 4.98 Å². The van der Waals surface area contributed by atoms with E-state index in [1.165, 1.54) is 36.6 Å². The van der Waals surface area contributed by atoms with Gasteiger partial charge in [-0.2, -0.15) is 0 Å². The summed E-state index contributed by atoms with van der Waals surface area (Å²) in [6.45, 7) is 0. The van der Waals surface area contributed by atoms with Crippen LogP contribution in [-0.2, 0) is 17.6 Å². The Kier molecular flexibility index (Phi) is 5.40. The highest BCUT2D eigenvalue weighted by atomic mass is 32.1. The van der Waals surface area contributed by atoms with Crippen LogP contribution in [-0.4, -0.2) is 17.9 Å². The minimum atomic E-state index is -0.406. The van der Waals surface area contributed by atoms with Gasteiger partial charge < -0.3 is 9.47 Å². The highest BCUT2D eigenvalue weighted by Gasteiger charge is 2.13. The van der Waals surface area contributed by atoms with E-state index in [2.05, 4.69) is 4.98 Å². The van der Waals surface area contributed by atoms with Crippen LogP contribution in [0.1, 0.15) is 10.6 Å². The van der Waals surface area contributed by atoms with Crippen molar-refractivity contribution in [1.29, 1.82) is 0 Å². The molecule has 0 radical (unpaired) electrons. The van der Waals surface area contributed by atoms with Gasteiger partial charge in [0.25, 0.3) is 0 Å². The highest BCUT2D eigenvalue weighted by molar-refractivity contribution is 7.09. The van der Waals surface area contributed by atoms with Crippen molar-refractivity contribution in [2.75, 3.05) is 7.11 Å². The van der Waals surface area contributed by atoms with Crippen LogP contribution in [0.3, 0.4) is 0 Å². The summed E-state index contributed by atoms with van der Waals surface area (Å²) in [6, 6.07) is 11.3. The number of benzene rings is 2. The quantitative estimate of drug-likeness (QED) is 0.627. The van der Waals surface area contributed by atoms with Gasteiger partial charge in [-0.1, -0.05) is 18.2 Å². The lowest BCUT2D eigenvalue weighted by Gasteiger charge is -2.13. The number of para-hydroxylation sites is 1. The van der Waals surface area contributed by atoms with Crippen LogP contribution in [0.2, 0.25) is 0 Å². The Morgan fingerprint density at radius 2 is 1.96 bits per heavy atom. The summed E-state index contributed by atoms with van der Waals surface area (Å²) >= 11 is 1.46. The number of rotatable bonds is 7. The summed E-state index contributed by atoms with van der Waals surface area (Å²) in [4.78, 5) is 16.4. The van der Waals surface area contributed by atoms with Crippen molar-refractivity contribution in [2.45, 2.75) is 12.8 Å². The van der Waals surface area contributed by atoms with E-state index in [-0.39, 0.29) is 12.2 Å². The molecule has 25 heavy (non-hydrogen) atoms. The van der Waals surface area contributed by atoms with Crippen molar-refractivity contribution in [3.63, 3.8) is 0 Å². The zero-order chi connectivity index (χ0) is 17.6. The lowest BCUT2D eigenvalue weighted by atomic mass is 10.1. The molecule has 0 N–H and O–H groups in total. The topological polar surface area (TPSA) is 48.4 Å². The average molecular weight is 357 g/mol. The van der Waals surface area contributed by atoms with Gasteiger partial charge in [-0.3, -0.25) is 4.79 Å². The third kappa shape index (κ3) is 4.42. The van der Waals surface area contributed by atoms with Crippen molar-refractivity contribution >= 4 is 17.1 Å². The number of methoxy groups -OCH3 is 1. The molecule has 1 heterocycles. The molecule has 4 nitrogen and oxygen atoms in total. The minimum absolute atomic E-state index is 0.0528. The second kappa shape index (κ2) is 7.90. The molecule has 2 aromatic carbocycles. The van der Waals surface area contributed by atoms with E-state index in [0.29, 0.717) is 23.7 Å². The van der Waals surface area contributed by atoms with Crippen molar-refractivity contribution in [3.8, 4) is 17.2 Å². The number of nitrogens with zero attached hydrogens (tertiary/aromatic N) is 1. The molecule has 0 saturated heterocycles. The molecule has 0 spiro atoms. The van der Waals surface area contributed by atoms with Gasteiger partial charge in [0, 0.05) is 29.6 Å². The Balaban J connectivity index is 1.78. The Labute approximate surface area is 148 Å². The number of hydrogen-bond donors (Lipinski definition) is 0. The molecule has 0 unspecified atom stereocenters. The van der Waals surface area contributed by atoms with Gasteiger partial charge in [0.2, 0.25) is 0 Å². The molecule has 0 saturated carbocycles. The molecule has 6 heteroatoms. The summed E-state index contributed by atoms with van der Waals surface area (Å²) in [5.41, 5.74) is 0.760. The molecule has 0 atom stereocenters. The molecule has 0 aliphatic carbocycles. The Morgan fingerprint density at radius 1 is 1.12 bits per heavy atom. The summed E-state index contributed by atoms with van der Waals surface area (Å²) in [5, 5.41) is 2.64. The molecule has 128 valence electrons. The standard InChI is InChI=1S/C19H16FNO3S/c1-23-18-11-14(20)6-7-17(18)24-16-5-3-2-4-13(16)10-15(22)12-19-21-8-9-25-19/h2-9,11H,10,12H2,1H3. The predicted molar refractivity (Wildman–Crippen MR) is 94.0 cm³/mol. The average Bonchev–Trinajstić information content (AvgIpc) is 3.11. The Hall–Kier alpha value is -2.73. The number of carbonyl (C=O) groups is 1. The molecule has 0 aliphatic heterocycles. The molecule has 0 amide bonds. The van der Waals surface area contributed by atoms with Gasteiger partial charge in [0.15, 0.2) is 11.5 Å². The van der Waals surface area contributed by atoms with E-state index in [1.807, 2.05) is 23.6 Å². The van der Waals surface area contributed by atoms with Gasteiger partial charge in [-0.15, -0.1) is 11.3 Å². The number of halogens is 1. The van der Waals surface area contributed by atoms with Crippen molar-refractivity contribution < 1.29 is 18.7 Å². The third-order valence-corrected chi connectivity index (χ3v) is 4.32. The minimum Gasteiger partial charge on any atom is -0.493 e. The lowest BCUT2D eigenvalue weighted by Crippen LogP contribution is -2.07. The maximum Gasteiger partial charge on any atom is 0.169 e. The zero-order valence-electron chi connectivity index (χ0n) is 13.6. The molecule has 3 aromatic rings. The first-order valence-electron chi connectivity index (χ1n) is 7.65. The predicted octanol–water partition coefficient (Wildman–Crippen LogP) is 4.44. The van der Waals surface area contributed by atoms with Crippen LogP contribution >= 0.6 is 11.3 Å². The molecule has 1 aromatic heterocycles. The largest absolute Gasteiger partial charge is 0.493 e. The van der Waals surface area contributed by atoms with E-state index in [9.17, 15) is 9.18 Å². The van der Waals surface area contributed by atoms with Crippen LogP contribution in [0.25, 0.3) is 0 Å². The van der Waals surface area contributed by atoms with E-state index in [1.54, 1.807) is 12.3 Å². The number of carbonyl (C=O) groups excluding carboxylic acids is 1. The summed E-state index contributed by atoms with van der Waals surface area (Å²) < 4.78 is 24.3. The monoisotopic (exact) mass is 357 g/mol. The molecule has 3 rings (SSSR count).